The van der Waals surface area contributed by atoms with E-state index < -0.39 is 20.9 Å². The van der Waals surface area contributed by atoms with Crippen molar-refractivity contribution in [1.82, 2.24) is 4.31 Å². The number of piperidine rings is 1. The Kier molecular flexibility index (Phi) is 4.48. The zero-order valence-corrected chi connectivity index (χ0v) is 17.5. The standard InChI is InChI=1S/C22H28N2O3S/c1-20(2)18-8-9-22(20,19(25)14-18)16-28(26,27)24-12-10-21(15-23,11-13-24)17-6-4-3-5-7-17/h3-7,18H,8-14,16H2,1-2H3. The van der Waals surface area contributed by atoms with Crippen LogP contribution in [0, 0.1) is 28.1 Å². The maximum Gasteiger partial charge on any atom is 0.215 e. The number of benzene rings is 1. The summed E-state index contributed by atoms with van der Waals surface area (Å²) in [5.74, 6) is 0.360. The van der Waals surface area contributed by atoms with Gasteiger partial charge in [-0.1, -0.05) is 44.2 Å². The molecule has 3 fully saturated rings. The van der Waals surface area contributed by atoms with Crippen LogP contribution in [0.2, 0.25) is 0 Å². The van der Waals surface area contributed by atoms with Crippen molar-refractivity contribution in [3.8, 4) is 6.07 Å². The molecule has 0 amide bonds. The summed E-state index contributed by atoms with van der Waals surface area (Å²) in [5, 5.41) is 9.84. The molecule has 3 aliphatic rings. The summed E-state index contributed by atoms with van der Waals surface area (Å²) in [5.41, 5.74) is -0.668. The number of hydrogen-bond acceptors (Lipinski definition) is 4. The molecule has 28 heavy (non-hydrogen) atoms. The first-order valence-electron chi connectivity index (χ1n) is 10.1. The molecule has 1 aromatic rings. The maximum absolute atomic E-state index is 13.3. The highest BCUT2D eigenvalue weighted by molar-refractivity contribution is 7.89. The zero-order chi connectivity index (χ0) is 20.2. The summed E-state index contributed by atoms with van der Waals surface area (Å²) < 4.78 is 28.1. The quantitative estimate of drug-likeness (QED) is 0.777. The molecule has 1 aliphatic heterocycles. The lowest BCUT2D eigenvalue weighted by Gasteiger charge is -2.40. The molecule has 0 spiro atoms. The smallest absolute Gasteiger partial charge is 0.215 e. The first kappa shape index (κ1) is 19.6. The highest BCUT2D eigenvalue weighted by atomic mass is 32.2. The van der Waals surface area contributed by atoms with Gasteiger partial charge in [0.25, 0.3) is 0 Å². The van der Waals surface area contributed by atoms with E-state index in [0.29, 0.717) is 44.7 Å². The lowest BCUT2D eigenvalue weighted by atomic mass is 9.70. The van der Waals surface area contributed by atoms with E-state index in [0.717, 1.165) is 12.0 Å². The Bertz CT molecular complexity index is 924. The third-order valence-corrected chi connectivity index (χ3v) is 10.1. The number of nitrogens with zero attached hydrogens (tertiary/aromatic N) is 2. The number of carbonyl (C=O) groups is 1. The average molecular weight is 401 g/mol. The van der Waals surface area contributed by atoms with Crippen LogP contribution in [0.5, 0.6) is 0 Å². The third-order valence-electron chi connectivity index (χ3n) is 8.08. The van der Waals surface area contributed by atoms with Crippen molar-refractivity contribution >= 4 is 15.8 Å². The van der Waals surface area contributed by atoms with Gasteiger partial charge in [0, 0.05) is 24.9 Å². The highest BCUT2D eigenvalue weighted by Crippen LogP contribution is 2.64. The monoisotopic (exact) mass is 400 g/mol. The number of rotatable bonds is 4. The maximum atomic E-state index is 13.3. The molecule has 2 aliphatic carbocycles. The molecule has 1 heterocycles. The van der Waals surface area contributed by atoms with Gasteiger partial charge in [0.05, 0.1) is 17.2 Å². The Labute approximate surface area is 167 Å². The van der Waals surface area contributed by atoms with Crippen LogP contribution in [-0.4, -0.2) is 37.3 Å². The van der Waals surface area contributed by atoms with Gasteiger partial charge in [-0.3, -0.25) is 4.79 Å². The molecule has 6 heteroatoms. The van der Waals surface area contributed by atoms with E-state index in [1.165, 1.54) is 4.31 Å². The topological polar surface area (TPSA) is 78.2 Å². The number of Topliss-reactive ketones (excluding diaryl/α,β-unsaturated/α-hetero) is 1. The van der Waals surface area contributed by atoms with E-state index in [1.54, 1.807) is 0 Å². The Morgan fingerprint density at radius 3 is 2.29 bits per heavy atom. The molecule has 150 valence electrons. The summed E-state index contributed by atoms with van der Waals surface area (Å²) in [6, 6.07) is 12.1. The van der Waals surface area contributed by atoms with Gasteiger partial charge in [-0.2, -0.15) is 5.26 Å². The second-order valence-electron chi connectivity index (χ2n) is 9.38. The Morgan fingerprint density at radius 2 is 1.79 bits per heavy atom. The fourth-order valence-corrected chi connectivity index (χ4v) is 8.10. The molecular formula is C22H28N2O3S. The van der Waals surface area contributed by atoms with Crippen LogP contribution in [0.15, 0.2) is 30.3 Å². The molecular weight excluding hydrogens is 372 g/mol. The van der Waals surface area contributed by atoms with Gasteiger partial charge in [0.2, 0.25) is 10.0 Å². The number of carbonyl (C=O) groups excluding carboxylic acids is 1. The van der Waals surface area contributed by atoms with Gasteiger partial charge in [0.15, 0.2) is 0 Å². The van der Waals surface area contributed by atoms with Crippen molar-refractivity contribution < 1.29 is 13.2 Å². The second kappa shape index (κ2) is 6.40. The van der Waals surface area contributed by atoms with Gasteiger partial charge in [-0.25, -0.2) is 12.7 Å². The van der Waals surface area contributed by atoms with Crippen LogP contribution in [0.25, 0.3) is 0 Å². The van der Waals surface area contributed by atoms with Crippen molar-refractivity contribution in [2.24, 2.45) is 16.7 Å². The summed E-state index contributed by atoms with van der Waals surface area (Å²) in [6.07, 6.45) is 3.12. The molecule has 0 aromatic heterocycles. The molecule has 2 bridgehead atoms. The number of ketones is 1. The van der Waals surface area contributed by atoms with Crippen molar-refractivity contribution in [3.05, 3.63) is 35.9 Å². The highest BCUT2D eigenvalue weighted by Gasteiger charge is 2.65. The number of sulfonamides is 1. The normalized spacial score (nSPS) is 31.6. The predicted octanol–water partition coefficient (Wildman–Crippen LogP) is 3.27. The predicted molar refractivity (Wildman–Crippen MR) is 107 cm³/mol. The fourth-order valence-electron chi connectivity index (χ4n) is 5.88. The Balaban J connectivity index is 1.53. The molecule has 5 nitrogen and oxygen atoms in total. The lowest BCUT2D eigenvalue weighted by molar-refractivity contribution is -0.128. The molecule has 1 aromatic carbocycles. The fraction of sp³-hybridized carbons (Fsp3) is 0.636. The first-order valence-corrected chi connectivity index (χ1v) is 11.8. The van der Waals surface area contributed by atoms with Crippen molar-refractivity contribution in [2.45, 2.75) is 51.4 Å². The van der Waals surface area contributed by atoms with E-state index in [4.69, 9.17) is 0 Å². The van der Waals surface area contributed by atoms with Crippen LogP contribution in [-0.2, 0) is 20.2 Å². The summed E-state index contributed by atoms with van der Waals surface area (Å²) >= 11 is 0. The van der Waals surface area contributed by atoms with E-state index in [2.05, 4.69) is 19.9 Å². The van der Waals surface area contributed by atoms with Crippen molar-refractivity contribution in [2.75, 3.05) is 18.8 Å². The van der Waals surface area contributed by atoms with Gasteiger partial charge in [-0.05, 0) is 42.6 Å². The number of hydrogen-bond donors (Lipinski definition) is 0. The molecule has 1 saturated heterocycles. The van der Waals surface area contributed by atoms with Gasteiger partial charge in [-0.15, -0.1) is 0 Å². The third kappa shape index (κ3) is 2.67. The van der Waals surface area contributed by atoms with Gasteiger partial charge in [0.1, 0.15) is 5.78 Å². The van der Waals surface area contributed by atoms with Crippen molar-refractivity contribution in [1.29, 1.82) is 5.26 Å². The van der Waals surface area contributed by atoms with E-state index >= 15 is 0 Å². The molecule has 0 N–H and O–H groups in total. The van der Waals surface area contributed by atoms with E-state index in [-0.39, 0.29) is 17.0 Å². The van der Waals surface area contributed by atoms with E-state index in [1.807, 2.05) is 30.3 Å². The second-order valence-corrected chi connectivity index (χ2v) is 11.4. The van der Waals surface area contributed by atoms with Crippen LogP contribution < -0.4 is 0 Å². The van der Waals surface area contributed by atoms with Crippen LogP contribution in [0.1, 0.15) is 51.5 Å². The van der Waals surface area contributed by atoms with Crippen molar-refractivity contribution in [3.63, 3.8) is 0 Å². The molecule has 0 radical (unpaired) electrons. The lowest BCUT2D eigenvalue weighted by Crippen LogP contribution is -2.50. The molecule has 4 rings (SSSR count). The molecule has 2 unspecified atom stereocenters. The minimum Gasteiger partial charge on any atom is -0.299 e. The van der Waals surface area contributed by atoms with Crippen LogP contribution >= 0.6 is 0 Å². The minimum absolute atomic E-state index is 0.0762. The number of fused-ring (bicyclic) bond motifs is 2. The van der Waals surface area contributed by atoms with Crippen LogP contribution in [0.4, 0.5) is 0 Å². The zero-order valence-electron chi connectivity index (χ0n) is 16.6. The molecule has 2 atom stereocenters. The minimum atomic E-state index is -3.55. The average Bonchev–Trinajstić information content (AvgIpc) is 3.02. The van der Waals surface area contributed by atoms with Crippen LogP contribution in [0.3, 0.4) is 0 Å². The Hall–Kier alpha value is -1.71. The SMILES string of the molecule is CC1(C)C2CCC1(CS(=O)(=O)N1CCC(C#N)(c3ccccc3)CC1)C(=O)C2. The molecule has 2 saturated carbocycles. The first-order chi connectivity index (χ1) is 13.2. The van der Waals surface area contributed by atoms with Gasteiger partial charge < -0.3 is 0 Å². The van der Waals surface area contributed by atoms with E-state index in [9.17, 15) is 18.5 Å². The number of nitriles is 1. The summed E-state index contributed by atoms with van der Waals surface area (Å²) in [7, 11) is -3.55. The summed E-state index contributed by atoms with van der Waals surface area (Å²) in [6.45, 7) is 4.80. The Morgan fingerprint density at radius 1 is 1.14 bits per heavy atom. The summed E-state index contributed by atoms with van der Waals surface area (Å²) in [4.78, 5) is 12.7. The van der Waals surface area contributed by atoms with Gasteiger partial charge >= 0.3 is 0 Å². The largest absolute Gasteiger partial charge is 0.299 e.